The van der Waals surface area contributed by atoms with E-state index in [1.807, 2.05) is 53.6 Å². The number of unbranched alkanes of at least 4 members (excludes halogenated alkanes) is 5. The standard InChI is InChI=1S/C52H96N10O10/c1-16-17-18-19-20-21-26-37(55-42(65)36-24-22-23-25-36)43(66)58-41(35(7)63)46(69)60-51(10,11)48(71)57-38(29-32(2)3)44(67)56-39(30-33(4)5)45(68)59-52(12,13)49(72)61-50(8,9)47(70)53-28-27-40(64)54-34(6)31-62(14)15/h32-39,41,63H,16-31H2,1-15H3,(H,53,70)(H,54,64)(H,55,65)(H,56,67)(H,57,71)(H,58,66)(H,59,68)(H,60,69)(H,61,72). The Kier molecular flexibility index (Phi) is 28.1. The Morgan fingerprint density at radius 2 is 1.07 bits per heavy atom. The topological polar surface area (TPSA) is 285 Å². The summed E-state index contributed by atoms with van der Waals surface area (Å²) in [6.45, 7) is 22.1. The van der Waals surface area contributed by atoms with Gasteiger partial charge < -0.3 is 57.9 Å². The predicted molar refractivity (Wildman–Crippen MR) is 279 cm³/mol. The van der Waals surface area contributed by atoms with Crippen LogP contribution in [0.25, 0.3) is 0 Å². The first kappa shape index (κ1) is 65.2. The molecule has 72 heavy (non-hydrogen) atoms. The minimum atomic E-state index is -1.69. The molecule has 1 aliphatic rings. The van der Waals surface area contributed by atoms with E-state index in [0.717, 1.165) is 57.8 Å². The summed E-state index contributed by atoms with van der Waals surface area (Å²) in [4.78, 5) is 124. The van der Waals surface area contributed by atoms with Gasteiger partial charge in [0.15, 0.2) is 0 Å². The number of aliphatic hydroxyl groups is 1. The lowest BCUT2D eigenvalue weighted by Gasteiger charge is -2.34. The third kappa shape index (κ3) is 24.2. The normalized spacial score (nSPS) is 15.9. The van der Waals surface area contributed by atoms with E-state index in [9.17, 15) is 48.3 Å². The van der Waals surface area contributed by atoms with Crippen molar-refractivity contribution in [3.05, 3.63) is 0 Å². The number of carbonyl (C=O) groups is 9. The maximum atomic E-state index is 14.1. The van der Waals surface area contributed by atoms with Crippen molar-refractivity contribution in [1.29, 1.82) is 0 Å². The highest BCUT2D eigenvalue weighted by Crippen LogP contribution is 2.25. The van der Waals surface area contributed by atoms with Crippen LogP contribution in [0.4, 0.5) is 0 Å². The average molecular weight is 1020 g/mol. The van der Waals surface area contributed by atoms with Gasteiger partial charge >= 0.3 is 0 Å². The van der Waals surface area contributed by atoms with E-state index in [2.05, 4.69) is 54.8 Å². The van der Waals surface area contributed by atoms with Crippen molar-refractivity contribution in [2.75, 3.05) is 27.2 Å². The number of nitrogens with zero attached hydrogens (tertiary/aromatic N) is 1. The quantitative estimate of drug-likeness (QED) is 0.0427. The molecule has 0 radical (unpaired) electrons. The van der Waals surface area contributed by atoms with E-state index in [4.69, 9.17) is 0 Å². The Morgan fingerprint density at radius 1 is 0.569 bits per heavy atom. The third-order valence-electron chi connectivity index (χ3n) is 12.6. The summed E-state index contributed by atoms with van der Waals surface area (Å²) in [5, 5.41) is 35.3. The van der Waals surface area contributed by atoms with Crippen LogP contribution >= 0.6 is 0 Å². The van der Waals surface area contributed by atoms with E-state index >= 15 is 0 Å². The molecule has 0 aromatic rings. The summed E-state index contributed by atoms with van der Waals surface area (Å²) in [5.41, 5.74) is -4.70. The Morgan fingerprint density at radius 3 is 1.61 bits per heavy atom. The maximum absolute atomic E-state index is 14.1. The SMILES string of the molecule is CCCCCCCCC(NC(=O)C1CCCC1)C(=O)NC(C(=O)NC(C)(C)C(=O)NC(CC(C)C)C(=O)NC(CC(C)C)C(=O)NC(C)(C)C(=O)NC(C)(C)C(=O)NCCC(=O)NC(C)CN(C)C)C(C)O. The van der Waals surface area contributed by atoms with Crippen molar-refractivity contribution in [2.45, 2.75) is 233 Å². The Balaban J connectivity index is 3.12. The molecule has 1 saturated carbocycles. The third-order valence-corrected chi connectivity index (χ3v) is 12.6. The summed E-state index contributed by atoms with van der Waals surface area (Å²) < 4.78 is 0. The zero-order valence-corrected chi connectivity index (χ0v) is 46.6. The summed E-state index contributed by atoms with van der Waals surface area (Å²) in [5.74, 6) is -5.71. The molecule has 10 N–H and O–H groups in total. The Bertz CT molecular complexity index is 1790. The van der Waals surface area contributed by atoms with Gasteiger partial charge in [-0.2, -0.15) is 0 Å². The Labute approximate surface area is 430 Å². The predicted octanol–water partition coefficient (Wildman–Crippen LogP) is 2.60. The molecule has 0 saturated heterocycles. The Hall–Kier alpha value is -4.85. The molecule has 0 spiro atoms. The van der Waals surface area contributed by atoms with Gasteiger partial charge in [0.1, 0.15) is 40.8 Å². The van der Waals surface area contributed by atoms with Crippen molar-refractivity contribution in [3.8, 4) is 0 Å². The van der Waals surface area contributed by atoms with Crippen LogP contribution in [0.5, 0.6) is 0 Å². The zero-order chi connectivity index (χ0) is 55.1. The molecule has 414 valence electrons. The molecule has 0 aliphatic heterocycles. The van der Waals surface area contributed by atoms with Gasteiger partial charge in [-0.05, 0) is 113 Å². The smallest absolute Gasteiger partial charge is 0.246 e. The fourth-order valence-electron chi connectivity index (χ4n) is 8.39. The monoisotopic (exact) mass is 1020 g/mol. The van der Waals surface area contributed by atoms with Gasteiger partial charge in [-0.1, -0.05) is 86.0 Å². The van der Waals surface area contributed by atoms with Gasteiger partial charge in [0.25, 0.3) is 0 Å². The summed E-state index contributed by atoms with van der Waals surface area (Å²) in [7, 11) is 3.79. The first-order valence-electron chi connectivity index (χ1n) is 26.4. The number of carbonyl (C=O) groups excluding carboxylic acids is 9. The number of hydrogen-bond acceptors (Lipinski definition) is 11. The van der Waals surface area contributed by atoms with Crippen LogP contribution in [0.2, 0.25) is 0 Å². The van der Waals surface area contributed by atoms with E-state index in [-0.39, 0.29) is 61.4 Å². The number of rotatable bonds is 33. The fourth-order valence-corrected chi connectivity index (χ4v) is 8.39. The zero-order valence-electron chi connectivity index (χ0n) is 46.6. The van der Waals surface area contributed by atoms with Gasteiger partial charge in [-0.15, -0.1) is 0 Å². The second kappa shape index (κ2) is 31.0. The molecule has 20 nitrogen and oxygen atoms in total. The highest BCUT2D eigenvalue weighted by molar-refractivity contribution is 6.00. The summed E-state index contributed by atoms with van der Waals surface area (Å²) >= 11 is 0. The van der Waals surface area contributed by atoms with E-state index in [1.54, 1.807) is 0 Å². The molecule has 1 aliphatic carbocycles. The van der Waals surface area contributed by atoms with Gasteiger partial charge in [-0.25, -0.2) is 0 Å². The molecule has 20 heteroatoms. The summed E-state index contributed by atoms with van der Waals surface area (Å²) in [6.07, 6.45) is 8.46. The maximum Gasteiger partial charge on any atom is 0.246 e. The van der Waals surface area contributed by atoms with Crippen molar-refractivity contribution >= 4 is 53.2 Å². The van der Waals surface area contributed by atoms with Crippen molar-refractivity contribution in [3.63, 3.8) is 0 Å². The highest BCUT2D eigenvalue weighted by Gasteiger charge is 2.41. The van der Waals surface area contributed by atoms with Gasteiger partial charge in [0.05, 0.1) is 6.10 Å². The largest absolute Gasteiger partial charge is 0.391 e. The molecule has 6 unspecified atom stereocenters. The van der Waals surface area contributed by atoms with Crippen molar-refractivity contribution < 1.29 is 48.3 Å². The van der Waals surface area contributed by atoms with Gasteiger partial charge in [0, 0.05) is 31.5 Å². The molecule has 9 amide bonds. The molecule has 1 fully saturated rings. The van der Waals surface area contributed by atoms with E-state index in [1.165, 1.54) is 48.5 Å². The molecular weight excluding hydrogens is 925 g/mol. The van der Waals surface area contributed by atoms with Crippen molar-refractivity contribution in [1.82, 2.24) is 52.8 Å². The second-order valence-electron chi connectivity index (χ2n) is 22.7. The number of nitrogens with one attached hydrogen (secondary N) is 9. The molecular formula is C52H96N10O10. The average Bonchev–Trinajstić information content (AvgIpc) is 3.80. The molecule has 0 bridgehead atoms. The van der Waals surface area contributed by atoms with Crippen LogP contribution in [0.15, 0.2) is 0 Å². The minimum Gasteiger partial charge on any atom is -0.391 e. The van der Waals surface area contributed by atoms with Crippen molar-refractivity contribution in [2.24, 2.45) is 17.8 Å². The lowest BCUT2D eigenvalue weighted by molar-refractivity contribution is -0.139. The van der Waals surface area contributed by atoms with Crippen LogP contribution in [0, 0.1) is 17.8 Å². The second-order valence-corrected chi connectivity index (χ2v) is 22.7. The number of likely N-dealkylation sites (N-methyl/N-ethyl adjacent to an activating group) is 1. The summed E-state index contributed by atoms with van der Waals surface area (Å²) in [6, 6.07) is -4.85. The molecule has 1 rings (SSSR count). The highest BCUT2D eigenvalue weighted by atomic mass is 16.3. The first-order valence-corrected chi connectivity index (χ1v) is 26.4. The first-order chi connectivity index (χ1) is 33.3. The van der Waals surface area contributed by atoms with Gasteiger partial charge in [-0.3, -0.25) is 43.2 Å². The number of amides is 9. The van der Waals surface area contributed by atoms with Crippen LogP contribution < -0.4 is 47.9 Å². The fraction of sp³-hybridized carbons (Fsp3) is 0.827. The van der Waals surface area contributed by atoms with E-state index in [0.29, 0.717) is 19.4 Å². The van der Waals surface area contributed by atoms with Gasteiger partial charge in [0.2, 0.25) is 53.2 Å². The van der Waals surface area contributed by atoms with Crippen LogP contribution in [-0.4, -0.2) is 143 Å². The molecule has 6 atom stereocenters. The molecule has 0 aromatic heterocycles. The van der Waals surface area contributed by atoms with Crippen LogP contribution in [-0.2, 0) is 43.2 Å². The molecule has 0 heterocycles. The lowest BCUT2D eigenvalue weighted by Crippen LogP contribution is -2.65. The molecule has 0 aromatic carbocycles. The number of aliphatic hydroxyl groups excluding tert-OH is 1. The van der Waals surface area contributed by atoms with E-state index < -0.39 is 88.2 Å². The lowest BCUT2D eigenvalue weighted by atomic mass is 9.96. The minimum absolute atomic E-state index is 0.0309. The number of hydrogen-bond donors (Lipinski definition) is 10. The van der Waals surface area contributed by atoms with Crippen LogP contribution in [0.3, 0.4) is 0 Å². The van der Waals surface area contributed by atoms with Crippen LogP contribution in [0.1, 0.15) is 180 Å².